The van der Waals surface area contributed by atoms with E-state index in [1.807, 2.05) is 43.3 Å². The zero-order valence-electron chi connectivity index (χ0n) is 19.0. The quantitative estimate of drug-likeness (QED) is 0.470. The smallest absolute Gasteiger partial charge is 0.220 e. The summed E-state index contributed by atoms with van der Waals surface area (Å²) in [6.07, 6.45) is 4.99. The van der Waals surface area contributed by atoms with Crippen LogP contribution in [-0.2, 0) is 22.4 Å². The predicted molar refractivity (Wildman–Crippen MR) is 138 cm³/mol. The minimum absolute atomic E-state index is 0.000403. The fourth-order valence-corrected chi connectivity index (χ4v) is 5.12. The van der Waals surface area contributed by atoms with Crippen LogP contribution in [0.25, 0.3) is 11.6 Å². The van der Waals surface area contributed by atoms with E-state index >= 15 is 0 Å². The van der Waals surface area contributed by atoms with E-state index in [4.69, 9.17) is 11.6 Å². The third-order valence-electron chi connectivity index (χ3n) is 6.18. The number of halogens is 2. The van der Waals surface area contributed by atoms with E-state index in [-0.39, 0.29) is 11.7 Å². The average molecular weight is 528 g/mol. The van der Waals surface area contributed by atoms with Crippen molar-refractivity contribution in [2.24, 2.45) is 0 Å². The number of benzene rings is 2. The molecule has 0 heterocycles. The second-order valence-corrected chi connectivity index (χ2v) is 10.3. The summed E-state index contributed by atoms with van der Waals surface area (Å²) in [4.78, 5) is 27.6. The van der Waals surface area contributed by atoms with Gasteiger partial charge in [-0.3, -0.25) is 9.59 Å². The molecule has 0 radical (unpaired) electrons. The van der Waals surface area contributed by atoms with E-state index in [9.17, 15) is 9.59 Å². The SMILES string of the molecule is CN(C)CCNC(=O)CCCC(=O)C1=C(C2=Cc3cc(Cl)ccc3C2)Cc2cc(Br)ccc21. The van der Waals surface area contributed by atoms with E-state index in [0.29, 0.717) is 25.8 Å². The van der Waals surface area contributed by atoms with Crippen LogP contribution >= 0.6 is 27.5 Å². The third-order valence-corrected chi connectivity index (χ3v) is 6.91. The minimum Gasteiger partial charge on any atom is -0.355 e. The molecule has 1 N–H and O–H groups in total. The van der Waals surface area contributed by atoms with Gasteiger partial charge in [-0.15, -0.1) is 0 Å². The van der Waals surface area contributed by atoms with Crippen molar-refractivity contribution < 1.29 is 9.59 Å². The Kier molecular flexibility index (Phi) is 7.52. The van der Waals surface area contributed by atoms with Crippen LogP contribution in [0.5, 0.6) is 0 Å². The maximum atomic E-state index is 13.4. The molecule has 0 fully saturated rings. The Hall–Kier alpha value is -2.21. The maximum Gasteiger partial charge on any atom is 0.220 e. The summed E-state index contributed by atoms with van der Waals surface area (Å²) in [6.45, 7) is 1.42. The van der Waals surface area contributed by atoms with Gasteiger partial charge in [-0.2, -0.15) is 0 Å². The number of fused-ring (bicyclic) bond motifs is 2. The van der Waals surface area contributed by atoms with Crippen LogP contribution in [0.15, 0.2) is 52.0 Å². The molecule has 0 saturated heterocycles. The van der Waals surface area contributed by atoms with Gasteiger partial charge in [0.2, 0.25) is 5.91 Å². The Bertz CT molecular complexity index is 1170. The molecule has 2 aliphatic rings. The van der Waals surface area contributed by atoms with Gasteiger partial charge in [0.05, 0.1) is 0 Å². The summed E-state index contributed by atoms with van der Waals surface area (Å²) in [7, 11) is 3.95. The van der Waals surface area contributed by atoms with Gasteiger partial charge in [0.1, 0.15) is 0 Å². The van der Waals surface area contributed by atoms with Gasteiger partial charge in [-0.25, -0.2) is 0 Å². The molecular formula is C27H28BrClN2O2. The standard InChI is InChI=1S/C27H28BrClN2O2/c1-31(2)11-10-30-26(33)5-3-4-25(32)27-23-9-7-21(28)14-20(23)16-24(27)19-12-17-6-8-22(29)15-18(17)13-19/h6-9,13-15H,3-5,10-12,16H2,1-2H3,(H,30,33). The van der Waals surface area contributed by atoms with Gasteiger partial charge < -0.3 is 10.2 Å². The summed E-state index contributed by atoms with van der Waals surface area (Å²) in [5, 5.41) is 3.64. The van der Waals surface area contributed by atoms with Crippen LogP contribution in [-0.4, -0.2) is 43.8 Å². The van der Waals surface area contributed by atoms with Crippen molar-refractivity contribution in [3.05, 3.63) is 79.3 Å². The minimum atomic E-state index is 0.000403. The lowest BCUT2D eigenvalue weighted by Crippen LogP contribution is -2.31. The first-order chi connectivity index (χ1) is 15.8. The Morgan fingerprint density at radius 2 is 1.88 bits per heavy atom. The molecule has 0 saturated carbocycles. The monoisotopic (exact) mass is 526 g/mol. The van der Waals surface area contributed by atoms with Crippen molar-refractivity contribution in [2.75, 3.05) is 27.2 Å². The van der Waals surface area contributed by atoms with Crippen LogP contribution < -0.4 is 5.32 Å². The Morgan fingerprint density at radius 3 is 2.67 bits per heavy atom. The van der Waals surface area contributed by atoms with Crippen molar-refractivity contribution in [3.8, 4) is 0 Å². The zero-order valence-corrected chi connectivity index (χ0v) is 21.4. The summed E-state index contributed by atoms with van der Waals surface area (Å²) < 4.78 is 1.01. The van der Waals surface area contributed by atoms with Crippen LogP contribution in [0, 0.1) is 0 Å². The van der Waals surface area contributed by atoms with Gasteiger partial charge in [0.25, 0.3) is 0 Å². The molecule has 172 valence electrons. The summed E-state index contributed by atoms with van der Waals surface area (Å²) in [5.41, 5.74) is 7.65. The van der Waals surface area contributed by atoms with Crippen molar-refractivity contribution >= 4 is 50.9 Å². The van der Waals surface area contributed by atoms with Crippen LogP contribution in [0.3, 0.4) is 0 Å². The molecule has 2 aromatic rings. The molecule has 0 aromatic heterocycles. The number of nitrogens with one attached hydrogen (secondary N) is 1. The topological polar surface area (TPSA) is 49.4 Å². The van der Waals surface area contributed by atoms with E-state index in [2.05, 4.69) is 39.5 Å². The number of hydrogen-bond donors (Lipinski definition) is 1. The van der Waals surface area contributed by atoms with E-state index in [1.54, 1.807) is 0 Å². The lowest BCUT2D eigenvalue weighted by Gasteiger charge is -2.11. The fourth-order valence-electron chi connectivity index (χ4n) is 4.53. The molecule has 4 rings (SSSR count). The van der Waals surface area contributed by atoms with Crippen LogP contribution in [0.4, 0.5) is 0 Å². The number of carbonyl (C=O) groups is 2. The second-order valence-electron chi connectivity index (χ2n) is 8.95. The maximum absolute atomic E-state index is 13.4. The number of carbonyl (C=O) groups excluding carboxylic acids is 2. The molecule has 0 spiro atoms. The lowest BCUT2D eigenvalue weighted by molar-refractivity contribution is -0.121. The first-order valence-electron chi connectivity index (χ1n) is 11.3. The molecule has 2 aliphatic carbocycles. The van der Waals surface area contributed by atoms with Gasteiger partial charge in [0, 0.05) is 41.0 Å². The largest absolute Gasteiger partial charge is 0.355 e. The van der Waals surface area contributed by atoms with Gasteiger partial charge >= 0.3 is 0 Å². The van der Waals surface area contributed by atoms with Crippen LogP contribution in [0.1, 0.15) is 41.5 Å². The summed E-state index contributed by atoms with van der Waals surface area (Å²) in [6, 6.07) is 12.1. The fraction of sp³-hybridized carbons (Fsp3) is 0.333. The highest BCUT2D eigenvalue weighted by Crippen LogP contribution is 2.42. The van der Waals surface area contributed by atoms with Gasteiger partial charge in [-0.05, 0) is 91.0 Å². The third kappa shape index (κ3) is 5.65. The Labute approximate surface area is 208 Å². The first kappa shape index (κ1) is 23.9. The number of hydrogen-bond acceptors (Lipinski definition) is 3. The summed E-state index contributed by atoms with van der Waals surface area (Å²) in [5.74, 6) is 0.113. The summed E-state index contributed by atoms with van der Waals surface area (Å²) >= 11 is 9.76. The number of likely N-dealkylation sites (N-methyl/N-ethyl adjacent to an activating group) is 1. The lowest BCUT2D eigenvalue weighted by atomic mass is 9.94. The number of ketones is 1. The molecule has 4 nitrogen and oxygen atoms in total. The highest BCUT2D eigenvalue weighted by atomic mass is 79.9. The number of rotatable bonds is 9. The number of Topliss-reactive ketones (excluding diaryl/α,β-unsaturated/α-hetero) is 1. The molecule has 2 aromatic carbocycles. The first-order valence-corrected chi connectivity index (χ1v) is 12.4. The molecule has 1 amide bonds. The highest BCUT2D eigenvalue weighted by Gasteiger charge is 2.30. The molecular weight excluding hydrogens is 500 g/mol. The van der Waals surface area contributed by atoms with E-state index in [1.165, 1.54) is 16.7 Å². The normalized spacial score (nSPS) is 14.4. The number of amides is 1. The van der Waals surface area contributed by atoms with Crippen molar-refractivity contribution in [1.29, 1.82) is 0 Å². The van der Waals surface area contributed by atoms with Crippen molar-refractivity contribution in [1.82, 2.24) is 10.2 Å². The van der Waals surface area contributed by atoms with Crippen LogP contribution in [0.2, 0.25) is 5.02 Å². The molecule has 0 atom stereocenters. The molecule has 33 heavy (non-hydrogen) atoms. The molecule has 0 unspecified atom stereocenters. The number of allylic oxidation sites excluding steroid dienone is 3. The predicted octanol–water partition coefficient (Wildman–Crippen LogP) is 5.47. The zero-order chi connectivity index (χ0) is 23.5. The number of nitrogens with zero attached hydrogens (tertiary/aromatic N) is 1. The van der Waals surface area contributed by atoms with E-state index in [0.717, 1.165) is 51.2 Å². The molecule has 0 aliphatic heterocycles. The molecule has 0 bridgehead atoms. The van der Waals surface area contributed by atoms with Gasteiger partial charge in [-0.1, -0.05) is 45.7 Å². The van der Waals surface area contributed by atoms with E-state index < -0.39 is 0 Å². The van der Waals surface area contributed by atoms with Crippen molar-refractivity contribution in [2.45, 2.75) is 32.1 Å². The highest BCUT2D eigenvalue weighted by molar-refractivity contribution is 9.10. The Balaban J connectivity index is 1.51. The van der Waals surface area contributed by atoms with Gasteiger partial charge in [0.15, 0.2) is 5.78 Å². The molecule has 6 heteroatoms. The Morgan fingerprint density at radius 1 is 1.06 bits per heavy atom. The van der Waals surface area contributed by atoms with Crippen molar-refractivity contribution in [3.63, 3.8) is 0 Å². The second kappa shape index (κ2) is 10.4. The average Bonchev–Trinajstić information content (AvgIpc) is 3.33.